The van der Waals surface area contributed by atoms with Crippen LogP contribution in [0.25, 0.3) is 10.8 Å². The van der Waals surface area contributed by atoms with Crippen molar-refractivity contribution in [1.82, 2.24) is 0 Å². The van der Waals surface area contributed by atoms with Gasteiger partial charge in [-0.3, -0.25) is 0 Å². The van der Waals surface area contributed by atoms with E-state index in [9.17, 15) is 0 Å². The molecular weight excluding hydrogens is 182 g/mol. The largest absolute Gasteiger partial charge is 0.305 e. The monoisotopic (exact) mass is 195 g/mol. The van der Waals surface area contributed by atoms with E-state index in [2.05, 4.69) is 36.4 Å². The van der Waals surface area contributed by atoms with E-state index in [0.29, 0.717) is 0 Å². The third-order valence-electron chi connectivity index (χ3n) is 3.17. The van der Waals surface area contributed by atoms with Crippen LogP contribution in [-0.2, 0) is 6.42 Å². The number of benzene rings is 2. The number of hydrogen-bond acceptors (Lipinski definition) is 1. The Morgan fingerprint density at radius 3 is 2.47 bits per heavy atom. The standard InChI is InChI=1S/C14H13N/c15-14-7-3-6-12-8-10-4-1-2-5-11(10)9-13(12)14/h1-2,4-5,8-9,15H,3,6-7H2. The van der Waals surface area contributed by atoms with E-state index in [-0.39, 0.29) is 0 Å². The quantitative estimate of drug-likeness (QED) is 0.664. The highest BCUT2D eigenvalue weighted by atomic mass is 14.4. The van der Waals surface area contributed by atoms with Gasteiger partial charge in [-0.25, -0.2) is 0 Å². The molecule has 0 amide bonds. The van der Waals surface area contributed by atoms with Gasteiger partial charge in [0.05, 0.1) is 0 Å². The minimum Gasteiger partial charge on any atom is -0.305 e. The molecule has 0 aromatic heterocycles. The van der Waals surface area contributed by atoms with Crippen molar-refractivity contribution in [3.8, 4) is 0 Å². The molecule has 0 bridgehead atoms. The molecule has 2 aromatic carbocycles. The molecule has 0 unspecified atom stereocenters. The Labute approximate surface area is 89.3 Å². The van der Waals surface area contributed by atoms with Crippen LogP contribution < -0.4 is 0 Å². The Hall–Kier alpha value is -1.63. The maximum absolute atomic E-state index is 7.95. The Morgan fingerprint density at radius 1 is 0.933 bits per heavy atom. The van der Waals surface area contributed by atoms with Crippen LogP contribution in [0.15, 0.2) is 36.4 Å². The summed E-state index contributed by atoms with van der Waals surface area (Å²) in [5.41, 5.74) is 3.33. The molecule has 1 heteroatoms. The Balaban J connectivity index is 2.32. The highest BCUT2D eigenvalue weighted by Gasteiger charge is 2.14. The molecule has 1 aliphatic carbocycles. The van der Waals surface area contributed by atoms with Crippen molar-refractivity contribution in [2.24, 2.45) is 0 Å². The van der Waals surface area contributed by atoms with Gasteiger partial charge in [0.1, 0.15) is 0 Å². The van der Waals surface area contributed by atoms with Crippen molar-refractivity contribution in [3.63, 3.8) is 0 Å². The van der Waals surface area contributed by atoms with Crippen molar-refractivity contribution in [1.29, 1.82) is 5.41 Å². The summed E-state index contributed by atoms with van der Waals surface area (Å²) in [6, 6.07) is 12.8. The fourth-order valence-electron chi connectivity index (χ4n) is 2.37. The first-order valence-corrected chi connectivity index (χ1v) is 5.44. The molecule has 74 valence electrons. The van der Waals surface area contributed by atoms with Crippen LogP contribution in [0.1, 0.15) is 24.0 Å². The maximum Gasteiger partial charge on any atom is 0.0389 e. The van der Waals surface area contributed by atoms with Crippen LogP contribution in [0.4, 0.5) is 0 Å². The van der Waals surface area contributed by atoms with Crippen LogP contribution in [0, 0.1) is 5.41 Å². The Bertz CT molecular complexity index is 540. The van der Waals surface area contributed by atoms with Gasteiger partial charge in [-0.2, -0.15) is 0 Å². The van der Waals surface area contributed by atoms with E-state index >= 15 is 0 Å². The number of fused-ring (bicyclic) bond motifs is 2. The Kier molecular flexibility index (Phi) is 1.84. The van der Waals surface area contributed by atoms with E-state index in [1.807, 2.05) is 0 Å². The number of rotatable bonds is 0. The van der Waals surface area contributed by atoms with E-state index < -0.39 is 0 Å². The van der Waals surface area contributed by atoms with Gasteiger partial charge in [-0.1, -0.05) is 30.3 Å². The second-order valence-corrected chi connectivity index (χ2v) is 4.19. The van der Waals surface area contributed by atoms with Crippen molar-refractivity contribution in [2.75, 3.05) is 0 Å². The normalized spacial score (nSPS) is 15.3. The molecule has 0 aliphatic heterocycles. The molecule has 0 radical (unpaired) electrons. The van der Waals surface area contributed by atoms with Gasteiger partial charge in [-0.05, 0) is 47.2 Å². The van der Waals surface area contributed by atoms with Gasteiger partial charge in [0.25, 0.3) is 0 Å². The van der Waals surface area contributed by atoms with Crippen LogP contribution in [0.2, 0.25) is 0 Å². The maximum atomic E-state index is 7.95. The fraction of sp³-hybridized carbons (Fsp3) is 0.214. The minimum absolute atomic E-state index is 0.807. The summed E-state index contributed by atoms with van der Waals surface area (Å²) in [4.78, 5) is 0. The number of aryl methyl sites for hydroxylation is 1. The zero-order chi connectivity index (χ0) is 10.3. The second kappa shape index (κ2) is 3.20. The highest BCUT2D eigenvalue weighted by Crippen LogP contribution is 2.26. The van der Waals surface area contributed by atoms with Gasteiger partial charge >= 0.3 is 0 Å². The molecule has 0 atom stereocenters. The first kappa shape index (κ1) is 8.66. The molecular formula is C14H13N. The summed E-state index contributed by atoms with van der Waals surface area (Å²) in [5.74, 6) is 0. The summed E-state index contributed by atoms with van der Waals surface area (Å²) in [7, 11) is 0. The van der Waals surface area contributed by atoms with Crippen molar-refractivity contribution in [3.05, 3.63) is 47.5 Å². The topological polar surface area (TPSA) is 23.9 Å². The predicted molar refractivity (Wildman–Crippen MR) is 63.7 cm³/mol. The summed E-state index contributed by atoms with van der Waals surface area (Å²) in [6.45, 7) is 0. The number of nitrogens with one attached hydrogen (secondary N) is 1. The van der Waals surface area contributed by atoms with Gasteiger partial charge in [0.2, 0.25) is 0 Å². The molecule has 1 N–H and O–H groups in total. The summed E-state index contributed by atoms with van der Waals surface area (Å²) in [5, 5.41) is 10.5. The Morgan fingerprint density at radius 2 is 1.67 bits per heavy atom. The SMILES string of the molecule is N=C1CCCc2cc3ccccc3cc21. The number of hydrogen-bond donors (Lipinski definition) is 1. The third kappa shape index (κ3) is 1.35. The van der Waals surface area contributed by atoms with E-state index in [4.69, 9.17) is 5.41 Å². The average molecular weight is 195 g/mol. The smallest absolute Gasteiger partial charge is 0.0389 e. The van der Waals surface area contributed by atoms with Gasteiger partial charge in [-0.15, -0.1) is 0 Å². The molecule has 3 rings (SSSR count). The lowest BCUT2D eigenvalue weighted by Gasteiger charge is -2.17. The van der Waals surface area contributed by atoms with Gasteiger partial charge < -0.3 is 5.41 Å². The molecule has 0 saturated carbocycles. The molecule has 0 fully saturated rings. The van der Waals surface area contributed by atoms with E-state index in [0.717, 1.165) is 25.0 Å². The molecule has 2 aromatic rings. The predicted octanol–water partition coefficient (Wildman–Crippen LogP) is 3.54. The first-order chi connectivity index (χ1) is 7.34. The first-order valence-electron chi connectivity index (χ1n) is 5.44. The van der Waals surface area contributed by atoms with Crippen molar-refractivity contribution >= 4 is 16.5 Å². The van der Waals surface area contributed by atoms with Crippen LogP contribution in [0.3, 0.4) is 0 Å². The lowest BCUT2D eigenvalue weighted by atomic mass is 9.88. The van der Waals surface area contributed by atoms with Crippen LogP contribution in [-0.4, -0.2) is 5.71 Å². The van der Waals surface area contributed by atoms with Crippen molar-refractivity contribution in [2.45, 2.75) is 19.3 Å². The van der Waals surface area contributed by atoms with Gasteiger partial charge in [0.15, 0.2) is 0 Å². The molecule has 0 heterocycles. The van der Waals surface area contributed by atoms with Gasteiger partial charge in [0, 0.05) is 5.71 Å². The van der Waals surface area contributed by atoms with E-state index in [1.165, 1.54) is 21.9 Å². The molecule has 0 spiro atoms. The lowest BCUT2D eigenvalue weighted by Crippen LogP contribution is -2.10. The third-order valence-corrected chi connectivity index (χ3v) is 3.17. The van der Waals surface area contributed by atoms with E-state index in [1.54, 1.807) is 0 Å². The van der Waals surface area contributed by atoms with Crippen LogP contribution in [0.5, 0.6) is 0 Å². The highest BCUT2D eigenvalue weighted by molar-refractivity contribution is 6.03. The molecule has 15 heavy (non-hydrogen) atoms. The summed E-state index contributed by atoms with van der Waals surface area (Å²) in [6.07, 6.45) is 3.19. The van der Waals surface area contributed by atoms with Crippen LogP contribution >= 0.6 is 0 Å². The molecule has 0 saturated heterocycles. The summed E-state index contributed by atoms with van der Waals surface area (Å²) < 4.78 is 0. The minimum atomic E-state index is 0.807. The molecule has 1 aliphatic rings. The summed E-state index contributed by atoms with van der Waals surface area (Å²) >= 11 is 0. The van der Waals surface area contributed by atoms with Crippen molar-refractivity contribution < 1.29 is 0 Å². The second-order valence-electron chi connectivity index (χ2n) is 4.19. The fourth-order valence-corrected chi connectivity index (χ4v) is 2.37. The zero-order valence-corrected chi connectivity index (χ0v) is 8.59. The molecule has 1 nitrogen and oxygen atoms in total. The lowest BCUT2D eigenvalue weighted by molar-refractivity contribution is 0.837. The average Bonchev–Trinajstić information content (AvgIpc) is 2.27. The zero-order valence-electron chi connectivity index (χ0n) is 8.59.